The average Bonchev–Trinajstić information content (AvgIpc) is 2.42. The van der Waals surface area contributed by atoms with E-state index in [4.69, 9.17) is 22.7 Å². The van der Waals surface area contributed by atoms with Gasteiger partial charge >= 0.3 is 0 Å². The summed E-state index contributed by atoms with van der Waals surface area (Å²) >= 11 is 5.03. The van der Waals surface area contributed by atoms with Crippen molar-refractivity contribution in [2.45, 2.75) is 26.7 Å². The van der Waals surface area contributed by atoms with Gasteiger partial charge in [0.05, 0.1) is 11.5 Å². The highest BCUT2D eigenvalue weighted by atomic mass is 32.1. The molecule has 0 spiro atoms. The molecule has 0 unspecified atom stereocenters. The van der Waals surface area contributed by atoms with E-state index in [1.54, 1.807) is 0 Å². The molecular formula is C13H23N3O3S. The number of carbonyl (C=O) groups excluding carboxylic acids is 2. The van der Waals surface area contributed by atoms with Crippen molar-refractivity contribution < 1.29 is 14.3 Å². The van der Waals surface area contributed by atoms with Crippen LogP contribution in [0.5, 0.6) is 0 Å². The number of nitrogens with two attached hydrogens (primary N) is 1. The van der Waals surface area contributed by atoms with Gasteiger partial charge in [-0.15, -0.1) is 0 Å². The number of thiocarbonyl (C=S) groups is 1. The quantitative estimate of drug-likeness (QED) is 0.599. The minimum absolute atomic E-state index is 0.0588. The topological polar surface area (TPSA) is 93.5 Å². The Morgan fingerprint density at radius 3 is 2.40 bits per heavy atom. The first-order valence-electron chi connectivity index (χ1n) is 6.81. The molecule has 0 aromatic carbocycles. The van der Waals surface area contributed by atoms with Crippen LogP contribution in [0.1, 0.15) is 26.7 Å². The van der Waals surface area contributed by atoms with Gasteiger partial charge in [0.2, 0.25) is 11.8 Å². The van der Waals surface area contributed by atoms with Gasteiger partial charge in [-0.05, 0) is 18.8 Å². The Morgan fingerprint density at radius 2 is 1.90 bits per heavy atom. The van der Waals surface area contributed by atoms with Crippen molar-refractivity contribution in [3.63, 3.8) is 0 Å². The fourth-order valence-corrected chi connectivity index (χ4v) is 2.31. The van der Waals surface area contributed by atoms with Crippen LogP contribution >= 0.6 is 12.2 Å². The van der Waals surface area contributed by atoms with Gasteiger partial charge in [0.25, 0.3) is 0 Å². The highest BCUT2D eigenvalue weighted by molar-refractivity contribution is 7.80. The van der Waals surface area contributed by atoms with E-state index in [0.29, 0.717) is 38.5 Å². The van der Waals surface area contributed by atoms with Gasteiger partial charge in [-0.3, -0.25) is 9.59 Å². The molecule has 6 nitrogen and oxygen atoms in total. The zero-order chi connectivity index (χ0) is 15.2. The van der Waals surface area contributed by atoms with Crippen LogP contribution in [0.15, 0.2) is 0 Å². The Morgan fingerprint density at radius 1 is 1.30 bits per heavy atom. The van der Waals surface area contributed by atoms with Gasteiger partial charge in [-0.1, -0.05) is 26.1 Å². The van der Waals surface area contributed by atoms with Crippen molar-refractivity contribution in [2.24, 2.45) is 17.1 Å². The Hall–Kier alpha value is -1.21. The fraction of sp³-hybridized carbons (Fsp3) is 0.769. The summed E-state index contributed by atoms with van der Waals surface area (Å²) in [5.41, 5.74) is 4.84. The SMILES string of the molecule is CC(C)CNC(=O)CNC(=O)C1(C(N)=S)CCOCC1. The highest BCUT2D eigenvalue weighted by Crippen LogP contribution is 2.31. The molecule has 4 N–H and O–H groups in total. The maximum absolute atomic E-state index is 12.3. The second-order valence-electron chi connectivity index (χ2n) is 5.44. The lowest BCUT2D eigenvalue weighted by Crippen LogP contribution is -2.53. The van der Waals surface area contributed by atoms with Crippen molar-refractivity contribution >= 4 is 29.0 Å². The van der Waals surface area contributed by atoms with Crippen LogP contribution in [0.2, 0.25) is 0 Å². The summed E-state index contributed by atoms with van der Waals surface area (Å²) in [6, 6.07) is 0. The van der Waals surface area contributed by atoms with E-state index in [2.05, 4.69) is 10.6 Å². The second kappa shape index (κ2) is 7.54. The van der Waals surface area contributed by atoms with Crippen LogP contribution < -0.4 is 16.4 Å². The zero-order valence-electron chi connectivity index (χ0n) is 12.0. The van der Waals surface area contributed by atoms with Crippen LogP contribution in [-0.4, -0.2) is 43.1 Å². The maximum atomic E-state index is 12.3. The molecule has 7 heteroatoms. The first-order chi connectivity index (χ1) is 9.38. The molecular weight excluding hydrogens is 278 g/mol. The van der Waals surface area contributed by atoms with Gasteiger partial charge in [0.1, 0.15) is 5.41 Å². The molecule has 1 fully saturated rings. The van der Waals surface area contributed by atoms with Crippen LogP contribution in [0.3, 0.4) is 0 Å². The maximum Gasteiger partial charge on any atom is 0.239 e. The molecule has 1 rings (SSSR count). The first kappa shape index (κ1) is 16.8. The minimum atomic E-state index is -0.883. The summed E-state index contributed by atoms with van der Waals surface area (Å²) in [6.45, 7) is 5.43. The first-order valence-corrected chi connectivity index (χ1v) is 7.22. The number of ether oxygens (including phenoxy) is 1. The van der Waals surface area contributed by atoms with Crippen LogP contribution in [0, 0.1) is 11.3 Å². The Labute approximate surface area is 124 Å². The molecule has 2 amide bonds. The van der Waals surface area contributed by atoms with Gasteiger partial charge in [0, 0.05) is 19.8 Å². The Bertz CT molecular complexity index is 379. The van der Waals surface area contributed by atoms with E-state index in [1.807, 2.05) is 13.8 Å². The van der Waals surface area contributed by atoms with E-state index in [9.17, 15) is 9.59 Å². The number of hydrogen-bond acceptors (Lipinski definition) is 4. The summed E-state index contributed by atoms with van der Waals surface area (Å²) < 4.78 is 5.24. The monoisotopic (exact) mass is 301 g/mol. The van der Waals surface area contributed by atoms with Gasteiger partial charge < -0.3 is 21.1 Å². The smallest absolute Gasteiger partial charge is 0.239 e. The van der Waals surface area contributed by atoms with Crippen molar-refractivity contribution in [2.75, 3.05) is 26.3 Å². The van der Waals surface area contributed by atoms with Crippen molar-refractivity contribution in [1.29, 1.82) is 0 Å². The largest absolute Gasteiger partial charge is 0.392 e. The predicted octanol–water partition coefficient (Wildman–Crippen LogP) is -0.0423. The molecule has 0 atom stereocenters. The lowest BCUT2D eigenvalue weighted by atomic mass is 9.79. The molecule has 114 valence electrons. The molecule has 1 aliphatic rings. The van der Waals surface area contributed by atoms with E-state index in [-0.39, 0.29) is 23.3 Å². The number of nitrogens with one attached hydrogen (secondary N) is 2. The number of amides is 2. The van der Waals surface area contributed by atoms with Gasteiger partial charge in [-0.25, -0.2) is 0 Å². The summed E-state index contributed by atoms with van der Waals surface area (Å²) in [5.74, 6) is -0.127. The molecule has 1 saturated heterocycles. The second-order valence-corrected chi connectivity index (χ2v) is 5.88. The van der Waals surface area contributed by atoms with Crippen molar-refractivity contribution in [3.05, 3.63) is 0 Å². The molecule has 0 radical (unpaired) electrons. The number of hydrogen-bond donors (Lipinski definition) is 3. The van der Waals surface area contributed by atoms with Crippen molar-refractivity contribution in [1.82, 2.24) is 10.6 Å². The van der Waals surface area contributed by atoms with Gasteiger partial charge in [-0.2, -0.15) is 0 Å². The molecule has 0 saturated carbocycles. The summed E-state index contributed by atoms with van der Waals surface area (Å²) in [7, 11) is 0. The summed E-state index contributed by atoms with van der Waals surface area (Å²) in [5, 5.41) is 5.36. The highest BCUT2D eigenvalue weighted by Gasteiger charge is 2.42. The zero-order valence-corrected chi connectivity index (χ0v) is 12.8. The molecule has 0 aromatic heterocycles. The standard InChI is InChI=1S/C13H23N3O3S/c1-9(2)7-15-10(17)8-16-12(18)13(11(14)20)3-5-19-6-4-13/h9H,3-8H2,1-2H3,(H2,14,20)(H,15,17)(H,16,18). The predicted molar refractivity (Wildman–Crippen MR) is 80.1 cm³/mol. The van der Waals surface area contributed by atoms with E-state index in [0.717, 1.165) is 0 Å². The van der Waals surface area contributed by atoms with E-state index < -0.39 is 5.41 Å². The summed E-state index contributed by atoms with van der Waals surface area (Å²) in [4.78, 5) is 24.1. The average molecular weight is 301 g/mol. The number of rotatable bonds is 6. The third-order valence-corrected chi connectivity index (χ3v) is 3.76. The number of carbonyl (C=O) groups is 2. The molecule has 0 aromatic rings. The fourth-order valence-electron chi connectivity index (χ4n) is 2.02. The molecule has 0 bridgehead atoms. The molecule has 0 aliphatic carbocycles. The lowest BCUT2D eigenvalue weighted by Gasteiger charge is -2.34. The van der Waals surface area contributed by atoms with Crippen molar-refractivity contribution in [3.8, 4) is 0 Å². The Balaban J connectivity index is 2.51. The molecule has 1 aliphatic heterocycles. The third kappa shape index (κ3) is 4.42. The normalized spacial score (nSPS) is 17.6. The van der Waals surface area contributed by atoms with E-state index >= 15 is 0 Å². The van der Waals surface area contributed by atoms with E-state index in [1.165, 1.54) is 0 Å². The molecule has 1 heterocycles. The molecule has 20 heavy (non-hydrogen) atoms. The van der Waals surface area contributed by atoms with Gasteiger partial charge in [0.15, 0.2) is 0 Å². The minimum Gasteiger partial charge on any atom is -0.392 e. The third-order valence-electron chi connectivity index (χ3n) is 3.37. The summed E-state index contributed by atoms with van der Waals surface area (Å²) in [6.07, 6.45) is 0.920. The van der Waals surface area contributed by atoms with Crippen LogP contribution in [-0.2, 0) is 14.3 Å². The Kier molecular flexibility index (Phi) is 6.35. The van der Waals surface area contributed by atoms with Crippen LogP contribution in [0.4, 0.5) is 0 Å². The van der Waals surface area contributed by atoms with Crippen LogP contribution in [0.25, 0.3) is 0 Å². The lowest BCUT2D eigenvalue weighted by molar-refractivity contribution is -0.133.